The van der Waals surface area contributed by atoms with E-state index in [1.165, 1.54) is 12.8 Å². The molecule has 1 N–H and O–H groups in total. The quantitative estimate of drug-likeness (QED) is 0.443. The number of nitrogens with zero attached hydrogens (tertiary/aromatic N) is 3. The van der Waals surface area contributed by atoms with E-state index >= 15 is 0 Å². The number of carbonyl (C=O) groups is 1. The Bertz CT molecular complexity index is 580. The fourth-order valence-electron chi connectivity index (χ4n) is 2.43. The number of nitrogens with one attached hydrogen (secondary N) is 1. The summed E-state index contributed by atoms with van der Waals surface area (Å²) in [5.41, 5.74) is 1.80. The number of guanidine groups is 1. The van der Waals surface area contributed by atoms with Gasteiger partial charge >= 0.3 is 0 Å². The molecule has 2 rings (SSSR count). The third-order valence-electron chi connectivity index (χ3n) is 4.25. The summed E-state index contributed by atoms with van der Waals surface area (Å²) in [5, 5.41) is 3.34. The Balaban J connectivity index is 1.76. The molecule has 1 amide bonds. The number of aliphatic imine (C=N–C) groups is 1. The van der Waals surface area contributed by atoms with Crippen molar-refractivity contribution in [2.75, 3.05) is 47.9 Å². The van der Waals surface area contributed by atoms with Gasteiger partial charge in [0.2, 0.25) is 0 Å². The summed E-state index contributed by atoms with van der Waals surface area (Å²) in [6.07, 6.45) is 2.63. The SMILES string of the molecule is CN=C(NCc1ccc(C(=O)N(C)C)cc1)N(C)CCOCC1CC1. The van der Waals surface area contributed by atoms with Gasteiger partial charge < -0.3 is 19.9 Å². The lowest BCUT2D eigenvalue weighted by molar-refractivity contribution is 0.0827. The Morgan fingerprint density at radius 3 is 2.48 bits per heavy atom. The Kier molecular flexibility index (Phi) is 7.25. The molecule has 1 fully saturated rings. The molecule has 1 saturated carbocycles. The van der Waals surface area contributed by atoms with E-state index in [1.807, 2.05) is 31.3 Å². The van der Waals surface area contributed by atoms with Crippen LogP contribution >= 0.6 is 0 Å². The second kappa shape index (κ2) is 9.42. The van der Waals surface area contributed by atoms with E-state index in [9.17, 15) is 4.79 Å². The first kappa shape index (κ1) is 19.2. The average Bonchev–Trinajstić information content (AvgIpc) is 3.43. The summed E-state index contributed by atoms with van der Waals surface area (Å²) in [6.45, 7) is 3.08. The van der Waals surface area contributed by atoms with Crippen LogP contribution in [-0.4, -0.2) is 69.6 Å². The van der Waals surface area contributed by atoms with Crippen molar-refractivity contribution in [3.8, 4) is 0 Å². The molecule has 1 aromatic rings. The van der Waals surface area contributed by atoms with E-state index in [4.69, 9.17) is 4.74 Å². The zero-order valence-electron chi connectivity index (χ0n) is 15.8. The van der Waals surface area contributed by atoms with Crippen LogP contribution in [0.15, 0.2) is 29.3 Å². The van der Waals surface area contributed by atoms with Crippen molar-refractivity contribution < 1.29 is 9.53 Å². The molecule has 0 radical (unpaired) electrons. The van der Waals surface area contributed by atoms with Crippen molar-refractivity contribution in [1.82, 2.24) is 15.1 Å². The van der Waals surface area contributed by atoms with Gasteiger partial charge in [-0.3, -0.25) is 9.79 Å². The predicted molar refractivity (Wildman–Crippen MR) is 101 cm³/mol. The van der Waals surface area contributed by atoms with Gasteiger partial charge in [-0.15, -0.1) is 0 Å². The zero-order chi connectivity index (χ0) is 18.2. The molecule has 0 unspecified atom stereocenters. The molecule has 0 saturated heterocycles. The molecule has 25 heavy (non-hydrogen) atoms. The molecule has 0 aliphatic heterocycles. The third kappa shape index (κ3) is 6.38. The summed E-state index contributed by atoms with van der Waals surface area (Å²) in [4.78, 5) is 19.9. The molecule has 0 spiro atoms. The maximum atomic E-state index is 11.9. The number of amides is 1. The molecule has 0 atom stereocenters. The maximum Gasteiger partial charge on any atom is 0.253 e. The number of hydrogen-bond acceptors (Lipinski definition) is 3. The van der Waals surface area contributed by atoms with Crippen LogP contribution in [0, 0.1) is 5.92 Å². The highest BCUT2D eigenvalue weighted by atomic mass is 16.5. The molecule has 1 aromatic carbocycles. The fraction of sp³-hybridized carbons (Fsp3) is 0.579. The van der Waals surface area contributed by atoms with Crippen molar-refractivity contribution in [1.29, 1.82) is 0 Å². The fourth-order valence-corrected chi connectivity index (χ4v) is 2.43. The van der Waals surface area contributed by atoms with Gasteiger partial charge in [-0.25, -0.2) is 0 Å². The van der Waals surface area contributed by atoms with Crippen molar-refractivity contribution in [2.45, 2.75) is 19.4 Å². The van der Waals surface area contributed by atoms with E-state index in [-0.39, 0.29) is 5.91 Å². The standard InChI is InChI=1S/C19H30N4O2/c1-20-19(23(4)11-12-25-14-16-5-6-16)21-13-15-7-9-17(10-8-15)18(24)22(2)3/h7-10,16H,5-6,11-14H2,1-4H3,(H,20,21). The van der Waals surface area contributed by atoms with Crippen LogP contribution in [0.4, 0.5) is 0 Å². The van der Waals surface area contributed by atoms with Gasteiger partial charge in [0.15, 0.2) is 5.96 Å². The summed E-state index contributed by atoms with van der Waals surface area (Å²) in [5.74, 6) is 1.65. The van der Waals surface area contributed by atoms with Gasteiger partial charge in [-0.05, 0) is 36.5 Å². The minimum atomic E-state index is 0.0150. The molecule has 6 nitrogen and oxygen atoms in total. The van der Waals surface area contributed by atoms with Gasteiger partial charge in [0.1, 0.15) is 0 Å². The summed E-state index contributed by atoms with van der Waals surface area (Å²) < 4.78 is 5.68. The molecule has 0 aromatic heterocycles. The summed E-state index contributed by atoms with van der Waals surface area (Å²) in [7, 11) is 7.30. The first-order valence-electron chi connectivity index (χ1n) is 8.81. The van der Waals surface area contributed by atoms with Gasteiger partial charge in [0.25, 0.3) is 5.91 Å². The first-order valence-corrected chi connectivity index (χ1v) is 8.81. The molecule has 0 heterocycles. The van der Waals surface area contributed by atoms with Crippen LogP contribution in [0.25, 0.3) is 0 Å². The van der Waals surface area contributed by atoms with Crippen LogP contribution in [-0.2, 0) is 11.3 Å². The number of likely N-dealkylation sites (N-methyl/N-ethyl adjacent to an activating group) is 1. The number of carbonyl (C=O) groups excluding carboxylic acids is 1. The summed E-state index contributed by atoms with van der Waals surface area (Å²) >= 11 is 0. The predicted octanol–water partition coefficient (Wildman–Crippen LogP) is 1.82. The van der Waals surface area contributed by atoms with Gasteiger partial charge in [-0.2, -0.15) is 0 Å². The zero-order valence-corrected chi connectivity index (χ0v) is 15.8. The van der Waals surface area contributed by atoms with Crippen molar-refractivity contribution in [2.24, 2.45) is 10.9 Å². The first-order chi connectivity index (χ1) is 12.0. The highest BCUT2D eigenvalue weighted by molar-refractivity contribution is 5.93. The van der Waals surface area contributed by atoms with Crippen LogP contribution in [0.3, 0.4) is 0 Å². The third-order valence-corrected chi connectivity index (χ3v) is 4.25. The topological polar surface area (TPSA) is 57.2 Å². The smallest absolute Gasteiger partial charge is 0.253 e. The molecular weight excluding hydrogens is 316 g/mol. The Morgan fingerprint density at radius 2 is 1.92 bits per heavy atom. The number of rotatable bonds is 8. The molecule has 0 bridgehead atoms. The molecule has 6 heteroatoms. The molecular formula is C19H30N4O2. The number of hydrogen-bond donors (Lipinski definition) is 1. The Labute approximate surface area is 150 Å². The largest absolute Gasteiger partial charge is 0.379 e. The van der Waals surface area contributed by atoms with Crippen molar-refractivity contribution >= 4 is 11.9 Å². The van der Waals surface area contributed by atoms with Crippen LogP contribution in [0.1, 0.15) is 28.8 Å². The highest BCUT2D eigenvalue weighted by Crippen LogP contribution is 2.28. The molecule has 138 valence electrons. The van der Waals surface area contributed by atoms with Crippen molar-refractivity contribution in [3.05, 3.63) is 35.4 Å². The van der Waals surface area contributed by atoms with E-state index in [0.29, 0.717) is 12.1 Å². The van der Waals surface area contributed by atoms with Crippen molar-refractivity contribution in [3.63, 3.8) is 0 Å². The lowest BCUT2D eigenvalue weighted by Gasteiger charge is -2.22. The van der Waals surface area contributed by atoms with E-state index in [0.717, 1.165) is 37.2 Å². The maximum absolute atomic E-state index is 11.9. The normalized spacial score (nSPS) is 14.3. The Hall–Kier alpha value is -2.08. The number of ether oxygens (including phenoxy) is 1. The van der Waals surface area contributed by atoms with E-state index in [2.05, 4.69) is 15.2 Å². The second-order valence-electron chi connectivity index (χ2n) is 6.74. The second-order valence-corrected chi connectivity index (χ2v) is 6.74. The van der Waals surface area contributed by atoms with E-state index < -0.39 is 0 Å². The lowest BCUT2D eigenvalue weighted by Crippen LogP contribution is -2.40. The molecule has 1 aliphatic carbocycles. The number of benzene rings is 1. The van der Waals surface area contributed by atoms with Gasteiger partial charge in [-0.1, -0.05) is 12.1 Å². The van der Waals surface area contributed by atoms with Crippen LogP contribution in [0.2, 0.25) is 0 Å². The van der Waals surface area contributed by atoms with Crippen LogP contribution < -0.4 is 5.32 Å². The Morgan fingerprint density at radius 1 is 1.24 bits per heavy atom. The van der Waals surface area contributed by atoms with Gasteiger partial charge in [0, 0.05) is 53.5 Å². The minimum Gasteiger partial charge on any atom is -0.379 e. The minimum absolute atomic E-state index is 0.0150. The highest BCUT2D eigenvalue weighted by Gasteiger charge is 2.21. The van der Waals surface area contributed by atoms with E-state index in [1.54, 1.807) is 26.0 Å². The van der Waals surface area contributed by atoms with Gasteiger partial charge in [0.05, 0.1) is 6.61 Å². The summed E-state index contributed by atoms with van der Waals surface area (Å²) in [6, 6.07) is 7.65. The van der Waals surface area contributed by atoms with Crippen LogP contribution in [0.5, 0.6) is 0 Å². The lowest BCUT2D eigenvalue weighted by atomic mass is 10.1. The molecule has 1 aliphatic rings. The monoisotopic (exact) mass is 346 g/mol. The average molecular weight is 346 g/mol.